The van der Waals surface area contributed by atoms with Crippen LogP contribution in [0.2, 0.25) is 0 Å². The number of aliphatic hydroxyl groups excluding tert-OH is 1. The van der Waals surface area contributed by atoms with E-state index in [0.717, 1.165) is 5.56 Å². The topological polar surface area (TPSA) is 77.0 Å². The van der Waals surface area contributed by atoms with Gasteiger partial charge in [-0.1, -0.05) is 42.5 Å². The van der Waals surface area contributed by atoms with Crippen LogP contribution in [0.4, 0.5) is 4.79 Å². The summed E-state index contributed by atoms with van der Waals surface area (Å²) in [7, 11) is 0. The van der Waals surface area contributed by atoms with Gasteiger partial charge in [0.05, 0.1) is 6.04 Å². The van der Waals surface area contributed by atoms with Crippen molar-refractivity contribution in [1.82, 2.24) is 5.32 Å². The van der Waals surface area contributed by atoms with E-state index >= 15 is 0 Å². The Balaban J connectivity index is 1.58. The van der Waals surface area contributed by atoms with Gasteiger partial charge in [0.2, 0.25) is 0 Å². The molecule has 0 radical (unpaired) electrons. The van der Waals surface area contributed by atoms with E-state index in [0.29, 0.717) is 0 Å². The van der Waals surface area contributed by atoms with E-state index in [9.17, 15) is 9.90 Å². The van der Waals surface area contributed by atoms with Crippen LogP contribution in [-0.2, 0) is 20.8 Å². The quantitative estimate of drug-likeness (QED) is 0.830. The molecule has 1 fully saturated rings. The lowest BCUT2D eigenvalue weighted by Crippen LogP contribution is -2.52. The van der Waals surface area contributed by atoms with Gasteiger partial charge in [-0.2, -0.15) is 0 Å². The lowest BCUT2D eigenvalue weighted by atomic mass is 9.94. The number of aliphatic hydroxyl groups is 1. The highest BCUT2D eigenvalue weighted by molar-refractivity contribution is 5.68. The smallest absolute Gasteiger partial charge is 0.408 e. The van der Waals surface area contributed by atoms with Crippen LogP contribution in [0.3, 0.4) is 0 Å². The summed E-state index contributed by atoms with van der Waals surface area (Å²) in [6.07, 6.45) is 1.07. The van der Waals surface area contributed by atoms with Gasteiger partial charge in [-0.15, -0.1) is 0 Å². The van der Waals surface area contributed by atoms with Crippen LogP contribution >= 0.6 is 0 Å². The normalized spacial score (nSPS) is 31.4. The van der Waals surface area contributed by atoms with Gasteiger partial charge in [0.25, 0.3) is 0 Å². The fourth-order valence-corrected chi connectivity index (χ4v) is 2.84. The largest absolute Gasteiger partial charge is 0.445 e. The SMILES string of the molecule is CC1(C)O[C@@H]2[C@H](O1)[C@@H](O)C=C[C@H]2NC(=O)OCc1ccccc1. The second kappa shape index (κ2) is 6.31. The van der Waals surface area contributed by atoms with Crippen LogP contribution in [0.1, 0.15) is 19.4 Å². The molecule has 0 unspecified atom stereocenters. The Hall–Kier alpha value is -1.89. The molecule has 0 spiro atoms. The molecule has 23 heavy (non-hydrogen) atoms. The molecule has 4 atom stereocenters. The molecule has 1 aliphatic carbocycles. The summed E-state index contributed by atoms with van der Waals surface area (Å²) in [6, 6.07) is 9.04. The number of carbonyl (C=O) groups is 1. The number of alkyl carbamates (subject to hydrolysis) is 1. The molecule has 1 heterocycles. The Labute approximate surface area is 135 Å². The maximum absolute atomic E-state index is 12.0. The highest BCUT2D eigenvalue weighted by Crippen LogP contribution is 2.34. The van der Waals surface area contributed by atoms with Crippen molar-refractivity contribution in [3.63, 3.8) is 0 Å². The van der Waals surface area contributed by atoms with E-state index in [4.69, 9.17) is 14.2 Å². The van der Waals surface area contributed by atoms with Crippen molar-refractivity contribution >= 4 is 6.09 Å². The minimum atomic E-state index is -0.795. The summed E-state index contributed by atoms with van der Waals surface area (Å²) in [5, 5.41) is 12.7. The maximum Gasteiger partial charge on any atom is 0.408 e. The zero-order chi connectivity index (χ0) is 16.4. The maximum atomic E-state index is 12.0. The predicted octanol–water partition coefficient (Wildman–Crippen LogP) is 1.73. The van der Waals surface area contributed by atoms with E-state index in [1.807, 2.05) is 30.3 Å². The molecule has 1 amide bonds. The van der Waals surface area contributed by atoms with Gasteiger partial charge in [0.15, 0.2) is 5.79 Å². The number of carbonyl (C=O) groups excluding carboxylic acids is 1. The Morgan fingerprint density at radius 1 is 1.22 bits per heavy atom. The molecule has 124 valence electrons. The fourth-order valence-electron chi connectivity index (χ4n) is 2.84. The first-order valence-electron chi connectivity index (χ1n) is 7.64. The van der Waals surface area contributed by atoms with Gasteiger partial charge in [-0.05, 0) is 19.4 Å². The van der Waals surface area contributed by atoms with E-state index in [1.165, 1.54) is 0 Å². The molecule has 1 aromatic carbocycles. The zero-order valence-corrected chi connectivity index (χ0v) is 13.1. The average Bonchev–Trinajstić information content (AvgIpc) is 2.86. The van der Waals surface area contributed by atoms with Gasteiger partial charge < -0.3 is 24.6 Å². The molecule has 0 aromatic heterocycles. The van der Waals surface area contributed by atoms with Crippen LogP contribution in [0.25, 0.3) is 0 Å². The van der Waals surface area contributed by atoms with Crippen molar-refractivity contribution in [3.8, 4) is 0 Å². The van der Waals surface area contributed by atoms with Crippen LogP contribution in [0, 0.1) is 0 Å². The third kappa shape index (κ3) is 3.72. The molecule has 0 bridgehead atoms. The third-order valence-corrected chi connectivity index (χ3v) is 3.87. The number of fused-ring (bicyclic) bond motifs is 1. The van der Waals surface area contributed by atoms with Crippen LogP contribution in [0.15, 0.2) is 42.5 Å². The zero-order valence-electron chi connectivity index (χ0n) is 13.1. The molecule has 1 aromatic rings. The van der Waals surface area contributed by atoms with E-state index in [2.05, 4.69) is 5.32 Å². The number of benzene rings is 1. The van der Waals surface area contributed by atoms with E-state index in [1.54, 1.807) is 26.0 Å². The number of rotatable bonds is 3. The molecule has 3 rings (SSSR count). The van der Waals surface area contributed by atoms with Gasteiger partial charge >= 0.3 is 6.09 Å². The molecular formula is C17H21NO5. The first-order valence-corrected chi connectivity index (χ1v) is 7.64. The van der Waals surface area contributed by atoms with Crippen molar-refractivity contribution < 1.29 is 24.1 Å². The number of nitrogens with one attached hydrogen (secondary N) is 1. The van der Waals surface area contributed by atoms with Crippen molar-refractivity contribution in [2.45, 2.75) is 50.6 Å². The summed E-state index contributed by atoms with van der Waals surface area (Å²) < 4.78 is 16.7. The number of ether oxygens (including phenoxy) is 3. The molecule has 2 N–H and O–H groups in total. The Morgan fingerprint density at radius 3 is 2.65 bits per heavy atom. The van der Waals surface area contributed by atoms with Crippen LogP contribution < -0.4 is 5.32 Å². The fraction of sp³-hybridized carbons (Fsp3) is 0.471. The minimum absolute atomic E-state index is 0.197. The van der Waals surface area contributed by atoms with Crippen molar-refractivity contribution in [1.29, 1.82) is 0 Å². The highest BCUT2D eigenvalue weighted by atomic mass is 16.8. The second-order valence-corrected chi connectivity index (χ2v) is 6.17. The standard InChI is InChI=1S/C17H21NO5/c1-17(2)22-14-12(8-9-13(19)15(14)23-17)18-16(20)21-10-11-6-4-3-5-7-11/h3-9,12-15,19H,10H2,1-2H3,(H,18,20)/t12-,13+,14+,15-/m1/s1. The number of hydrogen-bond donors (Lipinski definition) is 2. The second-order valence-electron chi connectivity index (χ2n) is 6.17. The minimum Gasteiger partial charge on any atom is -0.445 e. The molecule has 6 heteroatoms. The molecule has 1 saturated heterocycles. The Bertz CT molecular complexity index is 586. The predicted molar refractivity (Wildman–Crippen MR) is 82.5 cm³/mol. The van der Waals surface area contributed by atoms with Crippen LogP contribution in [0.5, 0.6) is 0 Å². The first kappa shape index (κ1) is 16.0. The Morgan fingerprint density at radius 2 is 1.91 bits per heavy atom. The highest BCUT2D eigenvalue weighted by Gasteiger charge is 2.49. The van der Waals surface area contributed by atoms with Crippen molar-refractivity contribution in [3.05, 3.63) is 48.0 Å². The van der Waals surface area contributed by atoms with Crippen LogP contribution in [-0.4, -0.2) is 41.3 Å². The monoisotopic (exact) mass is 319 g/mol. The number of hydrogen-bond acceptors (Lipinski definition) is 5. The van der Waals surface area contributed by atoms with Crippen molar-refractivity contribution in [2.24, 2.45) is 0 Å². The van der Waals surface area contributed by atoms with Crippen molar-refractivity contribution in [2.75, 3.05) is 0 Å². The molecule has 0 saturated carbocycles. The van der Waals surface area contributed by atoms with Gasteiger partial charge in [-0.25, -0.2) is 4.79 Å². The summed E-state index contributed by atoms with van der Waals surface area (Å²) in [5.74, 6) is -0.795. The van der Waals surface area contributed by atoms with E-state index in [-0.39, 0.29) is 6.61 Å². The summed E-state index contributed by atoms with van der Waals surface area (Å²) in [6.45, 7) is 3.76. The molecular weight excluding hydrogens is 298 g/mol. The van der Waals surface area contributed by atoms with E-state index < -0.39 is 36.2 Å². The van der Waals surface area contributed by atoms with Gasteiger partial charge in [0.1, 0.15) is 24.9 Å². The lowest BCUT2D eigenvalue weighted by Gasteiger charge is -2.30. The first-order chi connectivity index (χ1) is 10.9. The summed E-state index contributed by atoms with van der Waals surface area (Å²) in [5.41, 5.74) is 0.914. The Kier molecular flexibility index (Phi) is 4.39. The molecule has 1 aliphatic heterocycles. The lowest BCUT2D eigenvalue weighted by molar-refractivity contribution is -0.152. The van der Waals surface area contributed by atoms with Gasteiger partial charge in [-0.3, -0.25) is 0 Å². The molecule has 2 aliphatic rings. The summed E-state index contributed by atoms with van der Waals surface area (Å²) >= 11 is 0. The third-order valence-electron chi connectivity index (χ3n) is 3.87. The van der Waals surface area contributed by atoms with Gasteiger partial charge in [0, 0.05) is 0 Å². The molecule has 6 nitrogen and oxygen atoms in total. The average molecular weight is 319 g/mol. The number of amides is 1. The summed E-state index contributed by atoms with van der Waals surface area (Å²) in [4.78, 5) is 12.0.